The van der Waals surface area contributed by atoms with Crippen molar-refractivity contribution < 1.29 is 4.74 Å². The van der Waals surface area contributed by atoms with Crippen LogP contribution in [0, 0.1) is 6.92 Å². The number of fused-ring (bicyclic) bond motifs is 2. The molecule has 0 fully saturated rings. The van der Waals surface area contributed by atoms with Gasteiger partial charge < -0.3 is 4.74 Å². The number of hydrogen-bond acceptors (Lipinski definition) is 1. The molecule has 0 amide bonds. The lowest BCUT2D eigenvalue weighted by atomic mass is 9.95. The fraction of sp³-hybridized carbons (Fsp3) is 0.294. The van der Waals surface area contributed by atoms with E-state index in [9.17, 15) is 0 Å². The maximum atomic E-state index is 6.02. The minimum Gasteiger partial charge on any atom is -0.457 e. The second kappa shape index (κ2) is 4.16. The molecule has 92 valence electrons. The minimum absolute atomic E-state index is 0.540. The zero-order valence-corrected chi connectivity index (χ0v) is 11.2. The summed E-state index contributed by atoms with van der Waals surface area (Å²) >= 11 is 0. The Bertz CT molecular complexity index is 597. The molecule has 0 spiro atoms. The summed E-state index contributed by atoms with van der Waals surface area (Å²) in [4.78, 5) is 0. The Balaban J connectivity index is 2.02. The Labute approximate surface area is 108 Å². The number of aryl methyl sites for hydroxylation is 1. The van der Waals surface area contributed by atoms with Gasteiger partial charge in [-0.15, -0.1) is 0 Å². The van der Waals surface area contributed by atoms with Crippen LogP contribution in [0.2, 0.25) is 0 Å². The third-order valence-corrected chi connectivity index (χ3v) is 3.57. The first kappa shape index (κ1) is 11.3. The van der Waals surface area contributed by atoms with Crippen molar-refractivity contribution in [3.05, 3.63) is 58.7 Å². The number of benzene rings is 2. The fourth-order valence-corrected chi connectivity index (χ4v) is 2.44. The summed E-state index contributed by atoms with van der Waals surface area (Å²) in [6, 6.07) is 13.0. The van der Waals surface area contributed by atoms with Gasteiger partial charge in [0.1, 0.15) is 11.5 Å². The van der Waals surface area contributed by atoms with Crippen molar-refractivity contribution in [1.29, 1.82) is 0 Å². The standard InChI is InChI=1S/C17H18O/c1-11(2)13-5-6-14-9-15-8-12(3)4-7-16(15)18-17(14)10-13/h4-8,10-11H,9H2,1-3H3. The minimum atomic E-state index is 0.540. The summed E-state index contributed by atoms with van der Waals surface area (Å²) in [5.74, 6) is 2.57. The van der Waals surface area contributed by atoms with Gasteiger partial charge in [-0.25, -0.2) is 0 Å². The SMILES string of the molecule is Cc1ccc2c(c1)Cc1ccc(C(C)C)cc1O2. The molecule has 2 aromatic rings. The molecule has 0 aliphatic carbocycles. The molecule has 1 heterocycles. The highest BCUT2D eigenvalue weighted by Gasteiger charge is 2.17. The predicted molar refractivity (Wildman–Crippen MR) is 74.6 cm³/mol. The van der Waals surface area contributed by atoms with Crippen molar-refractivity contribution in [3.63, 3.8) is 0 Å². The monoisotopic (exact) mass is 238 g/mol. The average Bonchev–Trinajstić information content (AvgIpc) is 2.35. The molecular weight excluding hydrogens is 220 g/mol. The second-order valence-electron chi connectivity index (χ2n) is 5.41. The van der Waals surface area contributed by atoms with Crippen LogP contribution in [0.1, 0.15) is 42.0 Å². The molecule has 0 atom stereocenters. The first-order valence-corrected chi connectivity index (χ1v) is 6.53. The van der Waals surface area contributed by atoms with E-state index in [2.05, 4.69) is 57.2 Å². The van der Waals surface area contributed by atoms with Crippen molar-refractivity contribution >= 4 is 0 Å². The first-order valence-electron chi connectivity index (χ1n) is 6.53. The molecule has 0 saturated carbocycles. The smallest absolute Gasteiger partial charge is 0.131 e. The molecule has 0 saturated heterocycles. The molecule has 0 bridgehead atoms. The molecule has 0 unspecified atom stereocenters. The van der Waals surface area contributed by atoms with Crippen LogP contribution in [0.5, 0.6) is 11.5 Å². The highest BCUT2D eigenvalue weighted by molar-refractivity contribution is 5.52. The summed E-state index contributed by atoms with van der Waals surface area (Å²) in [6.45, 7) is 6.54. The van der Waals surface area contributed by atoms with Crippen LogP contribution in [0.4, 0.5) is 0 Å². The predicted octanol–water partition coefficient (Wildman–Crippen LogP) is 4.81. The Morgan fingerprint density at radius 3 is 2.56 bits per heavy atom. The molecular formula is C17H18O. The van der Waals surface area contributed by atoms with Gasteiger partial charge >= 0.3 is 0 Å². The molecule has 1 aliphatic heterocycles. The third kappa shape index (κ3) is 1.90. The first-order chi connectivity index (χ1) is 8.63. The normalized spacial score (nSPS) is 12.9. The number of rotatable bonds is 1. The molecule has 18 heavy (non-hydrogen) atoms. The molecule has 0 radical (unpaired) electrons. The molecule has 1 aliphatic rings. The Hall–Kier alpha value is -1.76. The van der Waals surface area contributed by atoms with E-state index in [0.29, 0.717) is 5.92 Å². The highest BCUT2D eigenvalue weighted by Crippen LogP contribution is 2.38. The zero-order chi connectivity index (χ0) is 12.7. The molecule has 1 heteroatoms. The highest BCUT2D eigenvalue weighted by atomic mass is 16.5. The summed E-state index contributed by atoms with van der Waals surface area (Å²) < 4.78 is 6.02. The maximum Gasteiger partial charge on any atom is 0.131 e. The molecule has 2 aromatic carbocycles. The average molecular weight is 238 g/mol. The zero-order valence-electron chi connectivity index (χ0n) is 11.2. The lowest BCUT2D eigenvalue weighted by Crippen LogP contribution is -2.04. The van der Waals surface area contributed by atoms with Crippen LogP contribution in [0.15, 0.2) is 36.4 Å². The van der Waals surface area contributed by atoms with Gasteiger partial charge in [-0.2, -0.15) is 0 Å². The second-order valence-corrected chi connectivity index (χ2v) is 5.41. The van der Waals surface area contributed by atoms with Gasteiger partial charge in [0.2, 0.25) is 0 Å². The van der Waals surface area contributed by atoms with E-state index in [0.717, 1.165) is 17.9 Å². The summed E-state index contributed by atoms with van der Waals surface area (Å²) in [5.41, 5.74) is 5.21. The van der Waals surface area contributed by atoms with Gasteiger partial charge in [0.15, 0.2) is 0 Å². The van der Waals surface area contributed by atoms with Crippen molar-refractivity contribution in [2.24, 2.45) is 0 Å². The summed E-state index contributed by atoms with van der Waals surface area (Å²) in [7, 11) is 0. The Kier molecular flexibility index (Phi) is 2.62. The van der Waals surface area contributed by atoms with Gasteiger partial charge in [0.25, 0.3) is 0 Å². The van der Waals surface area contributed by atoms with Crippen molar-refractivity contribution in [3.8, 4) is 11.5 Å². The van der Waals surface area contributed by atoms with Gasteiger partial charge in [-0.1, -0.05) is 43.7 Å². The topological polar surface area (TPSA) is 9.23 Å². The van der Waals surface area contributed by atoms with Gasteiger partial charge in [-0.05, 0) is 41.7 Å². The molecule has 3 rings (SSSR count). The fourth-order valence-electron chi connectivity index (χ4n) is 2.44. The van der Waals surface area contributed by atoms with Crippen molar-refractivity contribution in [1.82, 2.24) is 0 Å². The molecule has 0 aromatic heterocycles. The Morgan fingerprint density at radius 1 is 0.944 bits per heavy atom. The van der Waals surface area contributed by atoms with Crippen LogP contribution < -0.4 is 4.74 Å². The number of hydrogen-bond donors (Lipinski definition) is 0. The van der Waals surface area contributed by atoms with Crippen molar-refractivity contribution in [2.45, 2.75) is 33.1 Å². The number of ether oxygens (including phenoxy) is 1. The van der Waals surface area contributed by atoms with E-state index in [-0.39, 0.29) is 0 Å². The van der Waals surface area contributed by atoms with Crippen LogP contribution in [0.25, 0.3) is 0 Å². The van der Waals surface area contributed by atoms with E-state index in [1.54, 1.807) is 0 Å². The molecule has 1 nitrogen and oxygen atoms in total. The Morgan fingerprint density at radius 2 is 1.78 bits per heavy atom. The van der Waals surface area contributed by atoms with E-state index in [1.807, 2.05) is 0 Å². The maximum absolute atomic E-state index is 6.02. The summed E-state index contributed by atoms with van der Waals surface area (Å²) in [5, 5.41) is 0. The van der Waals surface area contributed by atoms with E-state index >= 15 is 0 Å². The van der Waals surface area contributed by atoms with Gasteiger partial charge in [0.05, 0.1) is 0 Å². The molecule has 0 N–H and O–H groups in total. The van der Waals surface area contributed by atoms with Crippen LogP contribution in [-0.4, -0.2) is 0 Å². The van der Waals surface area contributed by atoms with Crippen LogP contribution in [0.3, 0.4) is 0 Å². The quantitative estimate of drug-likeness (QED) is 0.591. The summed E-state index contributed by atoms with van der Waals surface area (Å²) in [6.07, 6.45) is 0.977. The third-order valence-electron chi connectivity index (χ3n) is 3.57. The van der Waals surface area contributed by atoms with E-state index < -0.39 is 0 Å². The van der Waals surface area contributed by atoms with Crippen molar-refractivity contribution in [2.75, 3.05) is 0 Å². The van der Waals surface area contributed by atoms with Crippen LogP contribution >= 0.6 is 0 Å². The lowest BCUT2D eigenvalue weighted by molar-refractivity contribution is 0.459. The lowest BCUT2D eigenvalue weighted by Gasteiger charge is -2.22. The van der Waals surface area contributed by atoms with E-state index in [4.69, 9.17) is 4.74 Å². The largest absolute Gasteiger partial charge is 0.457 e. The van der Waals surface area contributed by atoms with Gasteiger partial charge in [0, 0.05) is 6.42 Å². The van der Waals surface area contributed by atoms with Crippen LogP contribution in [-0.2, 0) is 6.42 Å². The van der Waals surface area contributed by atoms with Gasteiger partial charge in [-0.3, -0.25) is 0 Å². The van der Waals surface area contributed by atoms with E-state index in [1.165, 1.54) is 22.3 Å².